The van der Waals surface area contributed by atoms with Gasteiger partial charge in [0.1, 0.15) is 0 Å². The van der Waals surface area contributed by atoms with E-state index in [0.29, 0.717) is 6.61 Å². The molecule has 1 aliphatic rings. The van der Waals surface area contributed by atoms with Crippen molar-refractivity contribution in [2.45, 2.75) is 32.2 Å². The molecular weight excluding hydrogens is 278 g/mol. The molecule has 0 atom stereocenters. The van der Waals surface area contributed by atoms with Gasteiger partial charge in [0.15, 0.2) is 0 Å². The number of benzene rings is 1. The molecule has 1 saturated carbocycles. The SMILES string of the molecule is OCC1(CNCc2cc(-c3ccccc3)cs2)CCCC1. The summed E-state index contributed by atoms with van der Waals surface area (Å²) >= 11 is 1.81. The summed E-state index contributed by atoms with van der Waals surface area (Å²) in [6, 6.07) is 12.8. The Labute approximate surface area is 130 Å². The molecule has 1 aromatic heterocycles. The van der Waals surface area contributed by atoms with Crippen molar-refractivity contribution in [1.29, 1.82) is 0 Å². The molecule has 1 aromatic carbocycles. The second-order valence-electron chi connectivity index (χ2n) is 6.14. The van der Waals surface area contributed by atoms with E-state index in [0.717, 1.165) is 25.9 Å². The van der Waals surface area contributed by atoms with Gasteiger partial charge in [-0.2, -0.15) is 0 Å². The Balaban J connectivity index is 1.56. The van der Waals surface area contributed by atoms with Crippen LogP contribution in [0.1, 0.15) is 30.6 Å². The average Bonchev–Trinajstić information content (AvgIpc) is 3.18. The first kappa shape index (κ1) is 14.8. The van der Waals surface area contributed by atoms with Gasteiger partial charge in [0.2, 0.25) is 0 Å². The Hall–Kier alpha value is -1.16. The number of aliphatic hydroxyl groups excluding tert-OH is 1. The fourth-order valence-corrected chi connectivity index (χ4v) is 4.08. The Kier molecular flexibility index (Phi) is 4.73. The summed E-state index contributed by atoms with van der Waals surface area (Å²) in [6.45, 7) is 2.15. The number of nitrogens with one attached hydrogen (secondary N) is 1. The van der Waals surface area contributed by atoms with Gasteiger partial charge in [-0.1, -0.05) is 43.2 Å². The standard InChI is InChI=1S/C18H23NOS/c20-14-18(8-4-5-9-18)13-19-11-17-10-16(12-21-17)15-6-2-1-3-7-15/h1-3,6-7,10,12,19-20H,4-5,8-9,11,13-14H2. The lowest BCUT2D eigenvalue weighted by atomic mass is 9.87. The molecule has 2 nitrogen and oxygen atoms in total. The predicted molar refractivity (Wildman–Crippen MR) is 89.4 cm³/mol. The second-order valence-corrected chi connectivity index (χ2v) is 7.13. The molecule has 1 heterocycles. The molecule has 0 saturated heterocycles. The maximum absolute atomic E-state index is 9.63. The van der Waals surface area contributed by atoms with E-state index in [4.69, 9.17) is 0 Å². The van der Waals surface area contributed by atoms with E-state index in [1.807, 2.05) is 17.4 Å². The van der Waals surface area contributed by atoms with E-state index in [-0.39, 0.29) is 5.41 Å². The molecular formula is C18H23NOS. The van der Waals surface area contributed by atoms with Gasteiger partial charge in [0, 0.05) is 30.0 Å². The van der Waals surface area contributed by atoms with Crippen LogP contribution < -0.4 is 5.32 Å². The normalized spacial score (nSPS) is 17.2. The highest BCUT2D eigenvalue weighted by molar-refractivity contribution is 7.10. The molecule has 0 bridgehead atoms. The fraction of sp³-hybridized carbons (Fsp3) is 0.444. The van der Waals surface area contributed by atoms with Crippen molar-refractivity contribution in [3.63, 3.8) is 0 Å². The van der Waals surface area contributed by atoms with Crippen molar-refractivity contribution in [2.24, 2.45) is 5.41 Å². The minimum Gasteiger partial charge on any atom is -0.396 e. The largest absolute Gasteiger partial charge is 0.396 e. The maximum atomic E-state index is 9.63. The third kappa shape index (κ3) is 3.54. The van der Waals surface area contributed by atoms with E-state index < -0.39 is 0 Å². The highest BCUT2D eigenvalue weighted by Crippen LogP contribution is 2.37. The smallest absolute Gasteiger partial charge is 0.0499 e. The number of hydrogen-bond donors (Lipinski definition) is 2. The molecule has 21 heavy (non-hydrogen) atoms. The van der Waals surface area contributed by atoms with Crippen molar-refractivity contribution < 1.29 is 5.11 Å². The highest BCUT2D eigenvalue weighted by atomic mass is 32.1. The minimum absolute atomic E-state index is 0.138. The second kappa shape index (κ2) is 6.73. The average molecular weight is 301 g/mol. The molecule has 112 valence electrons. The molecule has 2 aromatic rings. The van der Waals surface area contributed by atoms with Crippen molar-refractivity contribution in [3.8, 4) is 11.1 Å². The lowest BCUT2D eigenvalue weighted by Gasteiger charge is -2.26. The molecule has 0 amide bonds. The van der Waals surface area contributed by atoms with Gasteiger partial charge < -0.3 is 10.4 Å². The quantitative estimate of drug-likeness (QED) is 0.843. The van der Waals surface area contributed by atoms with Crippen molar-refractivity contribution in [3.05, 3.63) is 46.7 Å². The van der Waals surface area contributed by atoms with Gasteiger partial charge in [-0.25, -0.2) is 0 Å². The first-order valence-corrected chi connectivity index (χ1v) is 8.64. The number of rotatable bonds is 6. The summed E-state index contributed by atoms with van der Waals surface area (Å²) in [5.74, 6) is 0. The lowest BCUT2D eigenvalue weighted by Crippen LogP contribution is -2.34. The third-order valence-corrected chi connectivity index (χ3v) is 5.50. The number of thiophene rings is 1. The molecule has 3 rings (SSSR count). The van der Waals surface area contributed by atoms with Gasteiger partial charge >= 0.3 is 0 Å². The zero-order valence-electron chi connectivity index (χ0n) is 12.3. The van der Waals surface area contributed by atoms with Crippen LogP contribution in [0.25, 0.3) is 11.1 Å². The molecule has 0 unspecified atom stereocenters. The molecule has 0 radical (unpaired) electrons. The van der Waals surface area contributed by atoms with Gasteiger partial charge in [-0.15, -0.1) is 11.3 Å². The van der Waals surface area contributed by atoms with Crippen LogP contribution in [-0.4, -0.2) is 18.3 Å². The van der Waals surface area contributed by atoms with Crippen molar-refractivity contribution >= 4 is 11.3 Å². The van der Waals surface area contributed by atoms with E-state index in [9.17, 15) is 5.11 Å². The number of aliphatic hydroxyl groups is 1. The van der Waals surface area contributed by atoms with E-state index >= 15 is 0 Å². The minimum atomic E-state index is 0.138. The Morgan fingerprint density at radius 2 is 1.86 bits per heavy atom. The lowest BCUT2D eigenvalue weighted by molar-refractivity contribution is 0.128. The van der Waals surface area contributed by atoms with Crippen LogP contribution in [0, 0.1) is 5.41 Å². The molecule has 3 heteroatoms. The van der Waals surface area contributed by atoms with E-state index in [1.54, 1.807) is 0 Å². The van der Waals surface area contributed by atoms with Crippen LogP contribution >= 0.6 is 11.3 Å². The molecule has 1 aliphatic carbocycles. The zero-order chi connectivity index (χ0) is 14.5. The summed E-state index contributed by atoms with van der Waals surface area (Å²) in [7, 11) is 0. The summed E-state index contributed by atoms with van der Waals surface area (Å²) in [5, 5.41) is 15.4. The summed E-state index contributed by atoms with van der Waals surface area (Å²) in [6.07, 6.45) is 4.85. The number of hydrogen-bond acceptors (Lipinski definition) is 3. The molecule has 2 N–H and O–H groups in total. The highest BCUT2D eigenvalue weighted by Gasteiger charge is 2.32. The Bertz CT molecular complexity index is 558. The molecule has 1 fully saturated rings. The van der Waals surface area contributed by atoms with Gasteiger partial charge in [-0.05, 0) is 35.4 Å². The van der Waals surface area contributed by atoms with Gasteiger partial charge in [0.05, 0.1) is 0 Å². The maximum Gasteiger partial charge on any atom is 0.0499 e. The molecule has 0 aliphatic heterocycles. The fourth-order valence-electron chi connectivity index (χ4n) is 3.22. The van der Waals surface area contributed by atoms with Crippen molar-refractivity contribution in [1.82, 2.24) is 5.32 Å². The summed E-state index contributed by atoms with van der Waals surface area (Å²) in [4.78, 5) is 1.36. The van der Waals surface area contributed by atoms with E-state index in [1.165, 1.54) is 28.8 Å². The predicted octanol–water partition coefficient (Wildman–Crippen LogP) is 4.06. The molecule has 0 spiro atoms. The zero-order valence-corrected chi connectivity index (χ0v) is 13.2. The van der Waals surface area contributed by atoms with Crippen LogP contribution in [-0.2, 0) is 6.54 Å². The monoisotopic (exact) mass is 301 g/mol. The van der Waals surface area contributed by atoms with Crippen LogP contribution in [0.3, 0.4) is 0 Å². The van der Waals surface area contributed by atoms with Crippen LogP contribution in [0.4, 0.5) is 0 Å². The van der Waals surface area contributed by atoms with Crippen LogP contribution in [0.5, 0.6) is 0 Å². The first-order valence-electron chi connectivity index (χ1n) is 7.76. The van der Waals surface area contributed by atoms with Crippen LogP contribution in [0.15, 0.2) is 41.8 Å². The summed E-state index contributed by atoms with van der Waals surface area (Å²) in [5.41, 5.74) is 2.72. The third-order valence-electron chi connectivity index (χ3n) is 4.56. The topological polar surface area (TPSA) is 32.3 Å². The first-order chi connectivity index (χ1) is 10.3. The van der Waals surface area contributed by atoms with E-state index in [2.05, 4.69) is 41.0 Å². The van der Waals surface area contributed by atoms with Gasteiger partial charge in [-0.3, -0.25) is 0 Å². The summed E-state index contributed by atoms with van der Waals surface area (Å²) < 4.78 is 0. The van der Waals surface area contributed by atoms with Gasteiger partial charge in [0.25, 0.3) is 0 Å². The van der Waals surface area contributed by atoms with Crippen molar-refractivity contribution in [2.75, 3.05) is 13.2 Å². The Morgan fingerprint density at radius 1 is 1.10 bits per heavy atom. The Morgan fingerprint density at radius 3 is 2.57 bits per heavy atom. The van der Waals surface area contributed by atoms with Crippen LogP contribution in [0.2, 0.25) is 0 Å².